The Bertz CT molecular complexity index is 891. The molecule has 12 nitrogen and oxygen atoms in total. The molecule has 23 heavy (non-hydrogen) atoms. The molecule has 0 saturated carbocycles. The number of fused-ring (bicyclic) bond motifs is 1. The van der Waals surface area contributed by atoms with E-state index in [-0.39, 0.29) is 23.5 Å². The first-order chi connectivity index (χ1) is 10.8. The second-order valence-corrected chi connectivity index (χ2v) is 6.42. The Morgan fingerprint density at radius 3 is 2.96 bits per heavy atom. The van der Waals surface area contributed by atoms with Crippen molar-refractivity contribution in [2.24, 2.45) is 5.14 Å². The molecule has 3 rings (SSSR count). The number of nitrogens with two attached hydrogens (primary N) is 2. The minimum atomic E-state index is -3.96. The number of rotatable bonds is 4. The van der Waals surface area contributed by atoms with Crippen molar-refractivity contribution < 1.29 is 18.3 Å². The van der Waals surface area contributed by atoms with E-state index in [0.29, 0.717) is 0 Å². The van der Waals surface area contributed by atoms with Gasteiger partial charge in [-0.05, 0) is 0 Å². The Kier molecular flexibility index (Phi) is 3.81. The number of H-pyrrole nitrogens is 1. The van der Waals surface area contributed by atoms with E-state index in [0.717, 1.165) is 0 Å². The summed E-state index contributed by atoms with van der Waals surface area (Å²) >= 11 is 0. The Labute approximate surface area is 129 Å². The van der Waals surface area contributed by atoms with E-state index in [2.05, 4.69) is 19.7 Å². The smallest absolute Gasteiger partial charge is 0.280 e. The molecule has 126 valence electrons. The van der Waals surface area contributed by atoms with Gasteiger partial charge in [0.05, 0.1) is 25.1 Å². The first-order valence-corrected chi connectivity index (χ1v) is 8.12. The van der Waals surface area contributed by atoms with Crippen LogP contribution in [0.25, 0.3) is 11.2 Å². The van der Waals surface area contributed by atoms with Crippen LogP contribution in [0, 0.1) is 0 Å². The summed E-state index contributed by atoms with van der Waals surface area (Å²) in [5.74, 6) is -0.0832. The quantitative estimate of drug-likeness (QED) is 0.390. The number of hydrogen-bond donors (Lipinski definition) is 5. The zero-order valence-corrected chi connectivity index (χ0v) is 12.5. The van der Waals surface area contributed by atoms with Gasteiger partial charge in [-0.25, -0.2) is 10.1 Å². The summed E-state index contributed by atoms with van der Waals surface area (Å²) in [6.45, 7) is -0.410. The zero-order chi connectivity index (χ0) is 16.8. The molecule has 0 radical (unpaired) electrons. The van der Waals surface area contributed by atoms with E-state index in [1.54, 1.807) is 0 Å². The third-order valence-corrected chi connectivity index (χ3v) is 4.12. The molecule has 13 heteroatoms. The van der Waals surface area contributed by atoms with Crippen molar-refractivity contribution in [2.75, 3.05) is 12.3 Å². The normalized spacial score (nSPS) is 25.2. The van der Waals surface area contributed by atoms with Crippen molar-refractivity contribution in [3.05, 3.63) is 16.7 Å². The predicted molar refractivity (Wildman–Crippen MR) is 78.2 cm³/mol. The lowest BCUT2D eigenvalue weighted by Gasteiger charge is -2.15. The van der Waals surface area contributed by atoms with Crippen LogP contribution in [-0.4, -0.2) is 51.8 Å². The fourth-order valence-corrected chi connectivity index (χ4v) is 3.23. The second-order valence-electron chi connectivity index (χ2n) is 5.09. The summed E-state index contributed by atoms with van der Waals surface area (Å²) in [5, 5.41) is 14.3. The minimum absolute atomic E-state index is 0.0752. The van der Waals surface area contributed by atoms with Crippen molar-refractivity contribution in [3.63, 3.8) is 0 Å². The van der Waals surface area contributed by atoms with Crippen LogP contribution >= 0.6 is 0 Å². The lowest BCUT2D eigenvalue weighted by molar-refractivity contribution is -0.0241. The van der Waals surface area contributed by atoms with E-state index in [1.165, 1.54) is 10.9 Å². The van der Waals surface area contributed by atoms with Crippen LogP contribution in [0.15, 0.2) is 11.1 Å². The summed E-state index contributed by atoms with van der Waals surface area (Å²) in [7, 11) is -3.96. The lowest BCUT2D eigenvalue weighted by atomic mass is 10.1. The van der Waals surface area contributed by atoms with Gasteiger partial charge in [0.15, 0.2) is 11.2 Å². The largest absolute Gasteiger partial charge is 0.394 e. The number of aromatic nitrogens is 4. The van der Waals surface area contributed by atoms with Gasteiger partial charge in [-0.2, -0.15) is 18.1 Å². The van der Waals surface area contributed by atoms with Crippen LogP contribution in [0.3, 0.4) is 0 Å². The Morgan fingerprint density at radius 1 is 1.57 bits per heavy atom. The van der Waals surface area contributed by atoms with Crippen molar-refractivity contribution in [1.82, 2.24) is 24.2 Å². The number of ether oxygens (including phenoxy) is 1. The van der Waals surface area contributed by atoms with Crippen LogP contribution < -0.4 is 21.2 Å². The topological polar surface area (TPSA) is 191 Å². The van der Waals surface area contributed by atoms with Crippen LogP contribution in [0.4, 0.5) is 5.95 Å². The van der Waals surface area contributed by atoms with Gasteiger partial charge in [-0.3, -0.25) is 14.3 Å². The van der Waals surface area contributed by atoms with E-state index in [4.69, 9.17) is 15.6 Å². The Balaban J connectivity index is 1.95. The van der Waals surface area contributed by atoms with Crippen LogP contribution in [0.5, 0.6) is 0 Å². The maximum Gasteiger partial charge on any atom is 0.280 e. The molecule has 3 atom stereocenters. The van der Waals surface area contributed by atoms with Gasteiger partial charge >= 0.3 is 0 Å². The zero-order valence-electron chi connectivity index (χ0n) is 11.7. The summed E-state index contributed by atoms with van der Waals surface area (Å²) in [4.78, 5) is 22.0. The number of nitrogens with zero attached hydrogens (tertiary/aromatic N) is 3. The first-order valence-electron chi connectivity index (χ1n) is 6.57. The van der Waals surface area contributed by atoms with E-state index < -0.39 is 40.7 Å². The molecular weight excluding hydrogens is 330 g/mol. The molecule has 0 aliphatic carbocycles. The molecule has 1 aliphatic heterocycles. The van der Waals surface area contributed by atoms with E-state index in [1.807, 2.05) is 0 Å². The number of nitrogens with one attached hydrogen (secondary N) is 2. The molecule has 3 heterocycles. The third kappa shape index (κ3) is 3.04. The van der Waals surface area contributed by atoms with Crippen LogP contribution in [-0.2, 0) is 14.9 Å². The summed E-state index contributed by atoms with van der Waals surface area (Å²) in [6.07, 6.45) is 0.0203. The maximum absolute atomic E-state index is 11.8. The first kappa shape index (κ1) is 15.8. The molecule has 2 aromatic heterocycles. The molecule has 0 amide bonds. The number of hydrogen-bond acceptors (Lipinski definition) is 8. The van der Waals surface area contributed by atoms with Crippen molar-refractivity contribution in [2.45, 2.75) is 24.8 Å². The number of aromatic amines is 1. The van der Waals surface area contributed by atoms with Crippen LogP contribution in [0.2, 0.25) is 0 Å². The standard InChI is InChI=1S/C10H15N7O5S/c11-10-14-8-7(9(19)15-10)13-3-17(8)6-1-4(5(2-18)22-6)16-23(12,20)21/h3-6,16,18H,1-2H2,(H2,12,20,21)(H3,11,14,15,19). The number of anilines is 1. The van der Waals surface area contributed by atoms with E-state index >= 15 is 0 Å². The highest BCUT2D eigenvalue weighted by molar-refractivity contribution is 7.87. The van der Waals surface area contributed by atoms with Gasteiger partial charge in [-0.15, -0.1) is 0 Å². The van der Waals surface area contributed by atoms with Gasteiger partial charge in [0.1, 0.15) is 6.23 Å². The summed E-state index contributed by atoms with van der Waals surface area (Å²) < 4.78 is 31.6. The van der Waals surface area contributed by atoms with Crippen molar-refractivity contribution in [3.8, 4) is 0 Å². The average Bonchev–Trinajstić information content (AvgIpc) is 3.00. The highest BCUT2D eigenvalue weighted by Gasteiger charge is 2.38. The molecule has 0 spiro atoms. The monoisotopic (exact) mass is 345 g/mol. The number of imidazole rings is 1. The minimum Gasteiger partial charge on any atom is -0.394 e. The Hall–Kier alpha value is -2.06. The van der Waals surface area contributed by atoms with Crippen molar-refractivity contribution in [1.29, 1.82) is 0 Å². The van der Waals surface area contributed by atoms with Gasteiger partial charge in [-0.1, -0.05) is 0 Å². The highest BCUT2D eigenvalue weighted by atomic mass is 32.2. The van der Waals surface area contributed by atoms with Gasteiger partial charge in [0.2, 0.25) is 5.95 Å². The van der Waals surface area contributed by atoms with Gasteiger partial charge in [0.25, 0.3) is 15.8 Å². The second kappa shape index (κ2) is 5.54. The number of aliphatic hydroxyl groups excluding tert-OH is 1. The third-order valence-electron chi connectivity index (χ3n) is 3.49. The predicted octanol–water partition coefficient (Wildman–Crippen LogP) is -2.86. The summed E-state index contributed by atoms with van der Waals surface area (Å²) in [6, 6.07) is -0.725. The lowest BCUT2D eigenvalue weighted by Crippen LogP contribution is -2.44. The number of nitrogen functional groups attached to an aromatic ring is 1. The molecule has 1 fully saturated rings. The Morgan fingerprint density at radius 2 is 2.30 bits per heavy atom. The fourth-order valence-electron chi connectivity index (χ4n) is 2.56. The molecule has 2 aromatic rings. The number of aliphatic hydroxyl groups is 1. The van der Waals surface area contributed by atoms with Crippen molar-refractivity contribution >= 4 is 27.3 Å². The highest BCUT2D eigenvalue weighted by Crippen LogP contribution is 2.30. The molecular formula is C10H15N7O5S. The van der Waals surface area contributed by atoms with Gasteiger partial charge in [0, 0.05) is 6.42 Å². The molecule has 7 N–H and O–H groups in total. The van der Waals surface area contributed by atoms with Gasteiger partial charge < -0.3 is 15.6 Å². The maximum atomic E-state index is 11.8. The van der Waals surface area contributed by atoms with E-state index in [9.17, 15) is 18.3 Å². The SMILES string of the molecule is Nc1nc2c(ncn2C2CC(NS(N)(=O)=O)C(CO)O2)c(=O)[nH]1. The average molecular weight is 345 g/mol. The molecule has 0 bridgehead atoms. The molecule has 0 aromatic carbocycles. The molecule has 1 aliphatic rings. The molecule has 1 saturated heterocycles. The fraction of sp³-hybridized carbons (Fsp3) is 0.500. The summed E-state index contributed by atoms with van der Waals surface area (Å²) in [5.41, 5.74) is 5.29. The van der Waals surface area contributed by atoms with Crippen LogP contribution in [0.1, 0.15) is 12.6 Å². The molecule has 3 unspecified atom stereocenters.